The lowest BCUT2D eigenvalue weighted by Crippen LogP contribution is -2.22. The van der Waals surface area contributed by atoms with Crippen LogP contribution >= 0.6 is 0 Å². The first-order valence-electron chi connectivity index (χ1n) is 4.76. The van der Waals surface area contributed by atoms with Crippen LogP contribution in [0.5, 0.6) is 0 Å². The fraction of sp³-hybridized carbons (Fsp3) is 0.636. The van der Waals surface area contributed by atoms with E-state index in [2.05, 4.69) is 18.4 Å². The highest BCUT2D eigenvalue weighted by Crippen LogP contribution is 2.13. The monoisotopic (exact) mass is 180 g/mol. The molecule has 1 aliphatic rings. The molecule has 1 atom stereocenters. The Morgan fingerprint density at radius 2 is 2.46 bits per heavy atom. The zero-order chi connectivity index (χ0) is 9.36. The van der Waals surface area contributed by atoms with Gasteiger partial charge in [0.15, 0.2) is 6.29 Å². The fourth-order valence-corrected chi connectivity index (χ4v) is 1.23. The van der Waals surface area contributed by atoms with Gasteiger partial charge in [0.2, 0.25) is 0 Å². The Kier molecular flexibility index (Phi) is 5.31. The van der Waals surface area contributed by atoms with Crippen molar-refractivity contribution in [1.82, 2.24) is 0 Å². The molecular formula is C11H16O2. The molecule has 0 spiro atoms. The quantitative estimate of drug-likeness (QED) is 0.489. The summed E-state index contributed by atoms with van der Waals surface area (Å²) in [6, 6.07) is 0. The van der Waals surface area contributed by atoms with Gasteiger partial charge in [-0.25, -0.2) is 0 Å². The largest absolute Gasteiger partial charge is 0.353 e. The van der Waals surface area contributed by atoms with Crippen LogP contribution < -0.4 is 0 Å². The van der Waals surface area contributed by atoms with E-state index in [-0.39, 0.29) is 6.29 Å². The van der Waals surface area contributed by atoms with Crippen LogP contribution in [0.15, 0.2) is 12.7 Å². The van der Waals surface area contributed by atoms with Gasteiger partial charge in [0, 0.05) is 13.0 Å². The number of hydrogen-bond donors (Lipinski definition) is 0. The average Bonchev–Trinajstić information content (AvgIpc) is 2.19. The van der Waals surface area contributed by atoms with Crippen molar-refractivity contribution >= 4 is 0 Å². The van der Waals surface area contributed by atoms with Crippen molar-refractivity contribution in [3.05, 3.63) is 12.7 Å². The van der Waals surface area contributed by atoms with Gasteiger partial charge in [-0.2, -0.15) is 0 Å². The van der Waals surface area contributed by atoms with E-state index in [9.17, 15) is 0 Å². The summed E-state index contributed by atoms with van der Waals surface area (Å²) >= 11 is 0. The highest BCUT2D eigenvalue weighted by atomic mass is 16.7. The topological polar surface area (TPSA) is 18.5 Å². The Balaban J connectivity index is 2.01. The minimum atomic E-state index is 0.0132. The smallest absolute Gasteiger partial charge is 0.157 e. The first-order valence-corrected chi connectivity index (χ1v) is 4.76. The molecule has 0 N–H and O–H groups in total. The summed E-state index contributed by atoms with van der Waals surface area (Å²) < 4.78 is 10.9. The molecule has 0 aromatic carbocycles. The second kappa shape index (κ2) is 6.71. The van der Waals surface area contributed by atoms with E-state index in [1.54, 1.807) is 6.08 Å². The van der Waals surface area contributed by atoms with Gasteiger partial charge < -0.3 is 9.47 Å². The Hall–Kier alpha value is -0.780. The zero-order valence-electron chi connectivity index (χ0n) is 7.92. The molecule has 0 bridgehead atoms. The molecule has 0 aromatic heterocycles. The predicted octanol–water partition coefficient (Wildman–Crippen LogP) is 2.11. The number of ether oxygens (including phenoxy) is 2. The maximum Gasteiger partial charge on any atom is 0.157 e. The third-order valence-corrected chi connectivity index (χ3v) is 1.87. The maximum absolute atomic E-state index is 5.47. The Labute approximate surface area is 79.9 Å². The Bertz CT molecular complexity index is 194. The zero-order valence-corrected chi connectivity index (χ0v) is 7.92. The lowest BCUT2D eigenvalue weighted by atomic mass is 10.2. The highest BCUT2D eigenvalue weighted by molar-refractivity contribution is 5.11. The summed E-state index contributed by atoms with van der Waals surface area (Å²) in [5, 5.41) is 0. The number of rotatable bonds is 3. The van der Waals surface area contributed by atoms with Gasteiger partial charge in [-0.05, 0) is 25.3 Å². The first-order chi connectivity index (χ1) is 6.43. The molecule has 1 heterocycles. The molecule has 0 radical (unpaired) electrons. The Morgan fingerprint density at radius 3 is 3.15 bits per heavy atom. The normalized spacial score (nSPS) is 21.7. The van der Waals surface area contributed by atoms with Crippen molar-refractivity contribution in [3.8, 4) is 11.8 Å². The summed E-state index contributed by atoms with van der Waals surface area (Å²) in [6.07, 6.45) is 5.76. The van der Waals surface area contributed by atoms with Gasteiger partial charge in [-0.15, -0.1) is 0 Å². The summed E-state index contributed by atoms with van der Waals surface area (Å²) in [4.78, 5) is 0. The lowest BCUT2D eigenvalue weighted by Gasteiger charge is -2.22. The first kappa shape index (κ1) is 10.3. The third-order valence-electron chi connectivity index (χ3n) is 1.87. The van der Waals surface area contributed by atoms with Crippen LogP contribution in [0.1, 0.15) is 25.7 Å². The molecule has 1 fully saturated rings. The molecule has 1 saturated heterocycles. The molecule has 2 heteroatoms. The van der Waals surface area contributed by atoms with Crippen molar-refractivity contribution in [2.45, 2.75) is 32.0 Å². The van der Waals surface area contributed by atoms with Crippen LogP contribution in [0.2, 0.25) is 0 Å². The molecule has 2 nitrogen and oxygen atoms in total. The van der Waals surface area contributed by atoms with Gasteiger partial charge in [0.25, 0.3) is 0 Å². The van der Waals surface area contributed by atoms with E-state index >= 15 is 0 Å². The van der Waals surface area contributed by atoms with Crippen molar-refractivity contribution in [1.29, 1.82) is 0 Å². The summed E-state index contributed by atoms with van der Waals surface area (Å²) in [5.41, 5.74) is 0. The van der Waals surface area contributed by atoms with Crippen molar-refractivity contribution in [2.75, 3.05) is 13.2 Å². The molecule has 1 unspecified atom stereocenters. The van der Waals surface area contributed by atoms with Crippen LogP contribution in [0.3, 0.4) is 0 Å². The van der Waals surface area contributed by atoms with Crippen LogP contribution in [0.4, 0.5) is 0 Å². The fourth-order valence-electron chi connectivity index (χ4n) is 1.23. The number of hydrogen-bond acceptors (Lipinski definition) is 2. The van der Waals surface area contributed by atoms with Gasteiger partial charge in [-0.3, -0.25) is 0 Å². The van der Waals surface area contributed by atoms with E-state index in [1.807, 2.05) is 0 Å². The highest BCUT2D eigenvalue weighted by Gasteiger charge is 2.12. The van der Waals surface area contributed by atoms with Crippen LogP contribution in [-0.4, -0.2) is 19.5 Å². The molecule has 0 aliphatic carbocycles. The van der Waals surface area contributed by atoms with E-state index < -0.39 is 0 Å². The molecule has 72 valence electrons. The van der Waals surface area contributed by atoms with Crippen LogP contribution in [-0.2, 0) is 9.47 Å². The molecule has 0 amide bonds. The molecule has 1 rings (SSSR count). The van der Waals surface area contributed by atoms with Crippen LogP contribution in [0, 0.1) is 11.8 Å². The molecular weight excluding hydrogens is 164 g/mol. The van der Waals surface area contributed by atoms with Crippen molar-refractivity contribution in [3.63, 3.8) is 0 Å². The molecule has 13 heavy (non-hydrogen) atoms. The summed E-state index contributed by atoms with van der Waals surface area (Å²) in [7, 11) is 0. The van der Waals surface area contributed by atoms with Gasteiger partial charge in [0.05, 0.1) is 6.61 Å². The SMILES string of the molecule is C=CC#CCCOC1CCCCO1. The summed E-state index contributed by atoms with van der Waals surface area (Å²) in [5.74, 6) is 5.71. The third kappa shape index (κ3) is 4.72. The average molecular weight is 180 g/mol. The standard InChI is InChI=1S/C11H16O2/c1-2-3-4-6-9-12-11-8-5-7-10-13-11/h2,11H,1,5-10H2. The summed E-state index contributed by atoms with van der Waals surface area (Å²) in [6.45, 7) is 5.00. The van der Waals surface area contributed by atoms with Gasteiger partial charge in [0.1, 0.15) is 0 Å². The van der Waals surface area contributed by atoms with Crippen LogP contribution in [0.25, 0.3) is 0 Å². The van der Waals surface area contributed by atoms with E-state index in [1.165, 1.54) is 6.42 Å². The van der Waals surface area contributed by atoms with Crippen molar-refractivity contribution in [2.24, 2.45) is 0 Å². The van der Waals surface area contributed by atoms with Crippen molar-refractivity contribution < 1.29 is 9.47 Å². The lowest BCUT2D eigenvalue weighted by molar-refractivity contribution is -0.161. The minimum absolute atomic E-state index is 0.0132. The van der Waals surface area contributed by atoms with E-state index in [0.29, 0.717) is 6.61 Å². The van der Waals surface area contributed by atoms with E-state index in [4.69, 9.17) is 9.47 Å². The molecule has 0 aromatic rings. The van der Waals surface area contributed by atoms with E-state index in [0.717, 1.165) is 25.9 Å². The molecule has 1 aliphatic heterocycles. The second-order valence-electron chi connectivity index (χ2n) is 2.94. The number of allylic oxidation sites excluding steroid dienone is 1. The van der Waals surface area contributed by atoms with Gasteiger partial charge in [-0.1, -0.05) is 18.4 Å². The maximum atomic E-state index is 5.47. The minimum Gasteiger partial charge on any atom is -0.353 e. The second-order valence-corrected chi connectivity index (χ2v) is 2.94. The predicted molar refractivity (Wildman–Crippen MR) is 52.1 cm³/mol. The Morgan fingerprint density at radius 1 is 1.54 bits per heavy atom. The van der Waals surface area contributed by atoms with Gasteiger partial charge >= 0.3 is 0 Å². The molecule has 0 saturated carbocycles.